The van der Waals surface area contributed by atoms with Gasteiger partial charge in [-0.25, -0.2) is 0 Å². The van der Waals surface area contributed by atoms with E-state index in [1.54, 1.807) is 0 Å². The van der Waals surface area contributed by atoms with Crippen LogP contribution in [0.3, 0.4) is 0 Å². The summed E-state index contributed by atoms with van der Waals surface area (Å²) in [5, 5.41) is 4.10. The molecule has 0 saturated carbocycles. The quantitative estimate of drug-likeness (QED) is 0.0940. The fraction of sp³-hybridized carbons (Fsp3) is 0.0909. The topological polar surface area (TPSA) is 3.24 Å². The first-order valence-corrected chi connectivity index (χ1v) is 21.5. The first-order chi connectivity index (χ1) is 28.1. The van der Waals surface area contributed by atoms with Crippen LogP contribution in [0.1, 0.15) is 48.9 Å². The van der Waals surface area contributed by atoms with E-state index in [2.05, 4.69) is 237 Å². The molecule has 1 aliphatic rings. The number of rotatable bonds is 11. The van der Waals surface area contributed by atoms with Gasteiger partial charge in [-0.15, -0.1) is 0 Å². The number of hydrogen-bond donors (Lipinski definition) is 0. The molecule has 8 aromatic rings. The molecule has 0 unspecified atom stereocenters. The largest absolute Gasteiger partial charge is 0.310 e. The third kappa shape index (κ3) is 7.05. The van der Waals surface area contributed by atoms with Crippen molar-refractivity contribution in [3.8, 4) is 22.3 Å². The number of para-hydroxylation sites is 2. The molecule has 0 heterocycles. The van der Waals surface area contributed by atoms with Crippen LogP contribution in [0.25, 0.3) is 34.4 Å². The number of benzene rings is 8. The van der Waals surface area contributed by atoms with E-state index in [0.717, 1.165) is 24.2 Å². The van der Waals surface area contributed by atoms with Crippen molar-refractivity contribution in [3.63, 3.8) is 0 Å². The van der Waals surface area contributed by atoms with Gasteiger partial charge in [0.25, 0.3) is 0 Å². The number of anilines is 3. The first kappa shape index (κ1) is 36.4. The van der Waals surface area contributed by atoms with Gasteiger partial charge in [-0.3, -0.25) is 0 Å². The second-order valence-corrected chi connectivity index (χ2v) is 17.1. The van der Waals surface area contributed by atoms with Gasteiger partial charge in [0.2, 0.25) is 0 Å². The summed E-state index contributed by atoms with van der Waals surface area (Å²) in [6.07, 6.45) is 6.61. The van der Waals surface area contributed by atoms with Gasteiger partial charge in [0, 0.05) is 22.5 Å². The Labute approximate surface area is 339 Å². The summed E-state index contributed by atoms with van der Waals surface area (Å²) in [4.78, 5) is 2.38. The summed E-state index contributed by atoms with van der Waals surface area (Å²) >= 11 is 0. The zero-order chi connectivity index (χ0) is 38.6. The van der Waals surface area contributed by atoms with E-state index >= 15 is 0 Å². The SMILES string of the molecule is CCC1(CC)c2cc(/C=C/c3ccc(-c4ccc(P(c5ccccc5)c5ccccc5)cc4)cc3)ccc2-c2ccc(N(c3ccccc3)c3ccccc3)cc21. The molecule has 0 aliphatic heterocycles. The van der Waals surface area contributed by atoms with Gasteiger partial charge >= 0.3 is 0 Å². The molecule has 0 atom stereocenters. The fourth-order valence-electron chi connectivity index (χ4n) is 8.74. The maximum atomic E-state index is 2.46. The molecule has 9 rings (SSSR count). The molecule has 57 heavy (non-hydrogen) atoms. The van der Waals surface area contributed by atoms with Crippen LogP contribution < -0.4 is 20.8 Å². The predicted octanol–water partition coefficient (Wildman–Crippen LogP) is 13.8. The van der Waals surface area contributed by atoms with Crippen molar-refractivity contribution < 1.29 is 0 Å². The van der Waals surface area contributed by atoms with Crippen molar-refractivity contribution in [1.29, 1.82) is 0 Å². The first-order valence-electron chi connectivity index (χ1n) is 20.1. The summed E-state index contributed by atoms with van der Waals surface area (Å²) in [6, 6.07) is 75.6. The summed E-state index contributed by atoms with van der Waals surface area (Å²) in [5.74, 6) is 0. The Kier molecular flexibility index (Phi) is 10.3. The Bertz CT molecular complexity index is 2530. The standard InChI is InChI=1S/C55H46NP/c1-3-55(4-2)53-39-42(29-37-51(53)52-38-34-47(40-54(52)55)56(45-17-9-5-10-18-45)46-19-11-6-12-20-46)26-25-41-27-30-43(31-28-41)44-32-35-50(36-33-44)57(48-21-13-7-14-22-48)49-23-15-8-16-24-49/h5-40H,3-4H2,1-2H3/b26-25+. The van der Waals surface area contributed by atoms with Crippen molar-refractivity contribution in [3.05, 3.63) is 229 Å². The lowest BCUT2D eigenvalue weighted by Crippen LogP contribution is -2.23. The smallest absolute Gasteiger partial charge is 0.0465 e. The van der Waals surface area contributed by atoms with Crippen molar-refractivity contribution in [2.45, 2.75) is 32.1 Å². The van der Waals surface area contributed by atoms with Gasteiger partial charge in [-0.05, 0) is 118 Å². The minimum absolute atomic E-state index is 0.0514. The Morgan fingerprint density at radius 1 is 0.404 bits per heavy atom. The zero-order valence-corrected chi connectivity index (χ0v) is 33.5. The molecule has 1 aliphatic carbocycles. The van der Waals surface area contributed by atoms with Gasteiger partial charge < -0.3 is 4.90 Å². The molecular weight excluding hydrogens is 706 g/mol. The molecular formula is C55H46NP. The monoisotopic (exact) mass is 751 g/mol. The van der Waals surface area contributed by atoms with Crippen molar-refractivity contribution >= 4 is 53.0 Å². The lowest BCUT2D eigenvalue weighted by atomic mass is 9.73. The van der Waals surface area contributed by atoms with Crippen LogP contribution in [0.4, 0.5) is 17.1 Å². The van der Waals surface area contributed by atoms with Gasteiger partial charge in [-0.1, -0.05) is 196 Å². The third-order valence-electron chi connectivity index (χ3n) is 11.7. The molecule has 2 heteroatoms. The minimum atomic E-state index is -0.617. The second kappa shape index (κ2) is 16.1. The molecule has 0 saturated heterocycles. The van der Waals surface area contributed by atoms with Crippen molar-refractivity contribution in [1.82, 2.24) is 0 Å². The minimum Gasteiger partial charge on any atom is -0.310 e. The van der Waals surface area contributed by atoms with Crippen LogP contribution >= 0.6 is 7.92 Å². The second-order valence-electron chi connectivity index (χ2n) is 14.8. The highest BCUT2D eigenvalue weighted by Gasteiger charge is 2.41. The van der Waals surface area contributed by atoms with Crippen LogP contribution in [0.5, 0.6) is 0 Å². The highest BCUT2D eigenvalue weighted by atomic mass is 31.1. The predicted molar refractivity (Wildman–Crippen MR) is 247 cm³/mol. The van der Waals surface area contributed by atoms with E-state index in [0.29, 0.717) is 0 Å². The number of fused-ring (bicyclic) bond motifs is 3. The normalized spacial score (nSPS) is 12.8. The Hall–Kier alpha value is -6.27. The van der Waals surface area contributed by atoms with E-state index < -0.39 is 7.92 Å². The van der Waals surface area contributed by atoms with E-state index in [9.17, 15) is 0 Å². The van der Waals surface area contributed by atoms with Gasteiger partial charge in [-0.2, -0.15) is 0 Å². The molecule has 0 amide bonds. The molecule has 0 bridgehead atoms. The molecule has 276 valence electrons. The Morgan fingerprint density at radius 2 is 0.825 bits per heavy atom. The maximum Gasteiger partial charge on any atom is 0.0465 e. The van der Waals surface area contributed by atoms with E-state index in [1.165, 1.54) is 66.1 Å². The van der Waals surface area contributed by atoms with Gasteiger partial charge in [0.15, 0.2) is 0 Å². The summed E-state index contributed by atoms with van der Waals surface area (Å²) in [5.41, 5.74) is 13.9. The average molecular weight is 752 g/mol. The van der Waals surface area contributed by atoms with Crippen LogP contribution in [0, 0.1) is 0 Å². The highest BCUT2D eigenvalue weighted by Crippen LogP contribution is 2.54. The van der Waals surface area contributed by atoms with Crippen LogP contribution in [0.2, 0.25) is 0 Å². The molecule has 0 N–H and O–H groups in total. The molecule has 0 fully saturated rings. The molecule has 8 aromatic carbocycles. The molecule has 0 aromatic heterocycles. The van der Waals surface area contributed by atoms with Gasteiger partial charge in [0.1, 0.15) is 0 Å². The van der Waals surface area contributed by atoms with Gasteiger partial charge in [0.05, 0.1) is 0 Å². The van der Waals surface area contributed by atoms with Crippen LogP contribution in [-0.4, -0.2) is 0 Å². The summed E-state index contributed by atoms with van der Waals surface area (Å²) in [6.45, 7) is 4.70. The lowest BCUT2D eigenvalue weighted by molar-refractivity contribution is 0.490. The van der Waals surface area contributed by atoms with Crippen molar-refractivity contribution in [2.75, 3.05) is 4.90 Å². The lowest BCUT2D eigenvalue weighted by Gasteiger charge is -2.32. The molecule has 1 nitrogen and oxygen atoms in total. The number of hydrogen-bond acceptors (Lipinski definition) is 1. The van der Waals surface area contributed by atoms with Crippen LogP contribution in [-0.2, 0) is 5.41 Å². The zero-order valence-electron chi connectivity index (χ0n) is 32.6. The Morgan fingerprint density at radius 3 is 1.35 bits per heavy atom. The van der Waals surface area contributed by atoms with E-state index in [-0.39, 0.29) is 5.41 Å². The summed E-state index contributed by atoms with van der Waals surface area (Å²) in [7, 11) is -0.617. The van der Waals surface area contributed by atoms with E-state index in [1.807, 2.05) is 0 Å². The molecule has 0 radical (unpaired) electrons. The summed E-state index contributed by atoms with van der Waals surface area (Å²) < 4.78 is 0. The molecule has 0 spiro atoms. The number of nitrogens with zero attached hydrogens (tertiary/aromatic N) is 1. The third-order valence-corrected chi connectivity index (χ3v) is 14.2. The fourth-order valence-corrected chi connectivity index (χ4v) is 11.0. The Balaban J connectivity index is 0.967. The average Bonchev–Trinajstić information content (AvgIpc) is 3.56. The van der Waals surface area contributed by atoms with Crippen LogP contribution in [0.15, 0.2) is 206 Å². The highest BCUT2D eigenvalue weighted by molar-refractivity contribution is 7.79. The van der Waals surface area contributed by atoms with E-state index in [4.69, 9.17) is 0 Å². The maximum absolute atomic E-state index is 2.46. The van der Waals surface area contributed by atoms with Crippen molar-refractivity contribution in [2.24, 2.45) is 0 Å².